The molecule has 0 saturated carbocycles. The van der Waals surface area contributed by atoms with Gasteiger partial charge in [0.2, 0.25) is 0 Å². The number of hydrazone groups is 1. The van der Waals surface area contributed by atoms with Crippen LogP contribution in [0.1, 0.15) is 30.0 Å². The highest BCUT2D eigenvalue weighted by atomic mass is 19.4. The number of aliphatic hydroxyl groups is 1. The second-order valence-corrected chi connectivity index (χ2v) is 6.85. The van der Waals surface area contributed by atoms with Gasteiger partial charge < -0.3 is 9.84 Å². The zero-order valence-corrected chi connectivity index (χ0v) is 16.0. The molecule has 154 valence electrons. The van der Waals surface area contributed by atoms with Crippen molar-refractivity contribution in [1.29, 1.82) is 0 Å². The number of carbonyl (C=O) groups is 1. The molecular formula is C21H21F3N2O3. The molecule has 1 heterocycles. The van der Waals surface area contributed by atoms with E-state index in [1.807, 2.05) is 6.92 Å². The summed E-state index contributed by atoms with van der Waals surface area (Å²) in [5, 5.41) is 14.3. The Morgan fingerprint density at radius 1 is 1.21 bits per heavy atom. The molecule has 1 aliphatic rings. The van der Waals surface area contributed by atoms with Gasteiger partial charge in [-0.25, -0.2) is 0 Å². The van der Waals surface area contributed by atoms with Crippen molar-refractivity contribution < 1.29 is 27.8 Å². The van der Waals surface area contributed by atoms with Crippen LogP contribution in [-0.4, -0.2) is 40.2 Å². The fraction of sp³-hybridized carbons (Fsp3) is 0.333. The lowest BCUT2D eigenvalue weighted by Crippen LogP contribution is -2.57. The van der Waals surface area contributed by atoms with Crippen molar-refractivity contribution in [2.24, 2.45) is 5.10 Å². The van der Waals surface area contributed by atoms with E-state index in [0.717, 1.165) is 17.5 Å². The predicted molar refractivity (Wildman–Crippen MR) is 101 cm³/mol. The van der Waals surface area contributed by atoms with E-state index in [9.17, 15) is 23.1 Å². The first-order valence-electron chi connectivity index (χ1n) is 9.13. The molecule has 0 radical (unpaired) electrons. The third-order valence-electron chi connectivity index (χ3n) is 4.82. The molecule has 29 heavy (non-hydrogen) atoms. The lowest BCUT2D eigenvalue weighted by atomic mass is 9.99. The summed E-state index contributed by atoms with van der Waals surface area (Å²) in [5.74, 6) is -0.719. The van der Waals surface area contributed by atoms with E-state index >= 15 is 0 Å². The van der Waals surface area contributed by atoms with E-state index in [4.69, 9.17) is 4.74 Å². The molecule has 1 unspecified atom stereocenters. The van der Waals surface area contributed by atoms with E-state index in [0.29, 0.717) is 11.3 Å². The van der Waals surface area contributed by atoms with Gasteiger partial charge in [-0.1, -0.05) is 49.4 Å². The summed E-state index contributed by atoms with van der Waals surface area (Å²) in [6, 6.07) is 13.6. The quantitative estimate of drug-likeness (QED) is 0.821. The highest BCUT2D eigenvalue weighted by Gasteiger charge is 2.63. The molecule has 2 aromatic rings. The number of benzene rings is 2. The minimum Gasteiger partial charge on any atom is -0.483 e. The van der Waals surface area contributed by atoms with Crippen molar-refractivity contribution in [2.45, 2.75) is 38.6 Å². The second-order valence-electron chi connectivity index (χ2n) is 6.85. The first kappa shape index (κ1) is 20.9. The van der Waals surface area contributed by atoms with E-state index in [-0.39, 0.29) is 10.7 Å². The smallest absolute Gasteiger partial charge is 0.438 e. The standard InChI is InChI=1S/C21H21F3N2O3/c1-3-15-8-10-16(11-9-15)17-12-20(28,21(22,23)24)26(25-17)19(27)13-29-18-7-5-4-6-14(18)2/h4-11,28H,3,12-13H2,1-2H3. The third kappa shape index (κ3) is 4.12. The maximum absolute atomic E-state index is 13.6. The molecule has 0 saturated heterocycles. The molecule has 1 amide bonds. The SMILES string of the molecule is CCc1ccc(C2=NN(C(=O)COc3ccccc3C)C(O)(C(F)(F)F)C2)cc1. The second kappa shape index (κ2) is 7.87. The number of rotatable bonds is 5. The maximum atomic E-state index is 13.6. The first-order valence-corrected chi connectivity index (χ1v) is 9.13. The number of carbonyl (C=O) groups excluding carboxylic acids is 1. The van der Waals surface area contributed by atoms with Crippen molar-refractivity contribution >= 4 is 11.6 Å². The number of ether oxygens (including phenoxy) is 1. The van der Waals surface area contributed by atoms with Crippen LogP contribution in [0.15, 0.2) is 53.6 Å². The summed E-state index contributed by atoms with van der Waals surface area (Å²) in [4.78, 5) is 12.5. The fourth-order valence-corrected chi connectivity index (χ4v) is 3.04. The minimum atomic E-state index is -5.08. The number of amides is 1. The zero-order valence-electron chi connectivity index (χ0n) is 16.0. The average Bonchev–Trinajstić information content (AvgIpc) is 3.06. The summed E-state index contributed by atoms with van der Waals surface area (Å²) in [6.07, 6.45) is -5.15. The Labute approximate surface area is 166 Å². The highest BCUT2D eigenvalue weighted by molar-refractivity contribution is 6.03. The van der Waals surface area contributed by atoms with Gasteiger partial charge in [-0.05, 0) is 36.1 Å². The Morgan fingerprint density at radius 3 is 2.45 bits per heavy atom. The molecule has 0 fully saturated rings. The largest absolute Gasteiger partial charge is 0.483 e. The van der Waals surface area contributed by atoms with Crippen molar-refractivity contribution in [3.05, 3.63) is 65.2 Å². The van der Waals surface area contributed by atoms with Gasteiger partial charge in [0.1, 0.15) is 5.75 Å². The number of para-hydroxylation sites is 1. The van der Waals surface area contributed by atoms with E-state index in [1.165, 1.54) is 0 Å². The summed E-state index contributed by atoms with van der Waals surface area (Å²) >= 11 is 0. The Morgan fingerprint density at radius 2 is 1.86 bits per heavy atom. The number of halogens is 3. The zero-order chi connectivity index (χ0) is 21.2. The van der Waals surface area contributed by atoms with Crippen molar-refractivity contribution in [3.63, 3.8) is 0 Å². The van der Waals surface area contributed by atoms with Crippen LogP contribution in [0.2, 0.25) is 0 Å². The number of nitrogens with zero attached hydrogens (tertiary/aromatic N) is 2. The molecule has 0 aromatic heterocycles. The summed E-state index contributed by atoms with van der Waals surface area (Å²) in [6.45, 7) is 3.02. The fourth-order valence-electron chi connectivity index (χ4n) is 3.04. The van der Waals surface area contributed by atoms with Crippen LogP contribution in [0.25, 0.3) is 0 Å². The van der Waals surface area contributed by atoms with Crippen LogP contribution >= 0.6 is 0 Å². The highest BCUT2D eigenvalue weighted by Crippen LogP contribution is 2.41. The Hall–Kier alpha value is -2.87. The number of hydrogen-bond acceptors (Lipinski definition) is 4. The van der Waals surface area contributed by atoms with Crippen LogP contribution < -0.4 is 4.74 Å². The topological polar surface area (TPSA) is 62.1 Å². The Kier molecular flexibility index (Phi) is 5.66. The van der Waals surface area contributed by atoms with Crippen molar-refractivity contribution in [2.75, 3.05) is 6.61 Å². The normalized spacial score (nSPS) is 19.2. The van der Waals surface area contributed by atoms with Crippen molar-refractivity contribution in [1.82, 2.24) is 5.01 Å². The van der Waals surface area contributed by atoms with Crippen molar-refractivity contribution in [3.8, 4) is 5.75 Å². The molecule has 0 aliphatic carbocycles. The van der Waals surface area contributed by atoms with Gasteiger partial charge in [-0.15, -0.1) is 0 Å². The van der Waals surface area contributed by atoms with Crippen LogP contribution in [0.4, 0.5) is 13.2 Å². The van der Waals surface area contributed by atoms with Gasteiger partial charge in [-0.2, -0.15) is 23.3 Å². The van der Waals surface area contributed by atoms with Gasteiger partial charge in [0, 0.05) is 0 Å². The van der Waals surface area contributed by atoms with E-state index in [2.05, 4.69) is 5.10 Å². The molecule has 8 heteroatoms. The lowest BCUT2D eigenvalue weighted by Gasteiger charge is -2.32. The van der Waals surface area contributed by atoms with Gasteiger partial charge in [0.15, 0.2) is 6.61 Å². The van der Waals surface area contributed by atoms with Gasteiger partial charge in [-0.3, -0.25) is 4.79 Å². The van der Waals surface area contributed by atoms with Gasteiger partial charge in [0.25, 0.3) is 11.6 Å². The molecule has 5 nitrogen and oxygen atoms in total. The molecule has 2 aromatic carbocycles. The number of hydrogen-bond donors (Lipinski definition) is 1. The molecule has 1 aliphatic heterocycles. The lowest BCUT2D eigenvalue weighted by molar-refractivity contribution is -0.302. The molecule has 0 spiro atoms. The van der Waals surface area contributed by atoms with Crippen LogP contribution in [-0.2, 0) is 11.2 Å². The maximum Gasteiger partial charge on any atom is 0.438 e. The average molecular weight is 406 g/mol. The third-order valence-corrected chi connectivity index (χ3v) is 4.82. The minimum absolute atomic E-state index is 0.0169. The first-order chi connectivity index (χ1) is 13.7. The van der Waals surface area contributed by atoms with Gasteiger partial charge in [0.05, 0.1) is 12.1 Å². The Balaban J connectivity index is 1.86. The summed E-state index contributed by atoms with van der Waals surface area (Å²) in [7, 11) is 0. The Bertz CT molecular complexity index is 926. The van der Waals surface area contributed by atoms with E-state index in [1.54, 1.807) is 55.5 Å². The predicted octanol–water partition coefficient (Wildman–Crippen LogP) is 3.82. The van der Waals surface area contributed by atoms with Crippen LogP contribution in [0, 0.1) is 6.92 Å². The molecule has 1 atom stereocenters. The summed E-state index contributed by atoms with van der Waals surface area (Å²) in [5.41, 5.74) is -1.28. The number of alkyl halides is 3. The monoisotopic (exact) mass is 406 g/mol. The van der Waals surface area contributed by atoms with Crippen LogP contribution in [0.3, 0.4) is 0 Å². The molecule has 3 rings (SSSR count). The molecular weight excluding hydrogens is 385 g/mol. The number of aryl methyl sites for hydroxylation is 2. The summed E-state index contributed by atoms with van der Waals surface area (Å²) < 4.78 is 46.2. The van der Waals surface area contributed by atoms with Crippen LogP contribution in [0.5, 0.6) is 5.75 Å². The molecule has 0 bridgehead atoms. The van der Waals surface area contributed by atoms with Gasteiger partial charge >= 0.3 is 6.18 Å². The molecule has 1 N–H and O–H groups in total. The van der Waals surface area contributed by atoms with E-state index < -0.39 is 30.8 Å².